The monoisotopic (exact) mass is 378 g/mol. The van der Waals surface area contributed by atoms with E-state index >= 15 is 0 Å². The van der Waals surface area contributed by atoms with Crippen molar-refractivity contribution in [3.63, 3.8) is 0 Å². The number of ether oxygens (including phenoxy) is 2. The van der Waals surface area contributed by atoms with E-state index in [1.54, 1.807) is 24.1 Å². The fraction of sp³-hybridized carbons (Fsp3) is 0.250. The minimum Gasteiger partial charge on any atom is -0.486 e. The van der Waals surface area contributed by atoms with Gasteiger partial charge < -0.3 is 20.1 Å². The first-order valence-electron chi connectivity index (χ1n) is 9.10. The Bertz CT molecular complexity index is 941. The van der Waals surface area contributed by atoms with E-state index in [2.05, 4.69) is 25.7 Å². The zero-order valence-electron chi connectivity index (χ0n) is 15.6. The molecule has 1 unspecified atom stereocenters. The molecule has 144 valence electrons. The third-order valence-corrected chi connectivity index (χ3v) is 4.30. The standard InChI is InChI=1S/C20H22N6O2/c1-21-20(24-13-16-14-27-17-5-2-3-6-18(17)28-16)23-12-15-7-9-22-19(11-15)26-10-4-8-25-26/h2-11,16H,12-14H2,1H3,(H2,21,23,24). The van der Waals surface area contributed by atoms with Gasteiger partial charge in [0.05, 0.1) is 6.54 Å². The number of benzene rings is 1. The number of fused-ring (bicyclic) bond motifs is 1. The lowest BCUT2D eigenvalue weighted by Gasteiger charge is -2.27. The van der Waals surface area contributed by atoms with Gasteiger partial charge >= 0.3 is 0 Å². The summed E-state index contributed by atoms with van der Waals surface area (Å²) in [5, 5.41) is 10.8. The van der Waals surface area contributed by atoms with E-state index in [0.717, 1.165) is 22.9 Å². The van der Waals surface area contributed by atoms with E-state index in [-0.39, 0.29) is 6.10 Å². The minimum absolute atomic E-state index is 0.0826. The fourth-order valence-corrected chi connectivity index (χ4v) is 2.88. The summed E-state index contributed by atoms with van der Waals surface area (Å²) >= 11 is 0. The van der Waals surface area contributed by atoms with Crippen LogP contribution in [0, 0.1) is 0 Å². The number of hydrogen-bond acceptors (Lipinski definition) is 5. The van der Waals surface area contributed by atoms with Crippen molar-refractivity contribution in [2.45, 2.75) is 12.6 Å². The molecule has 4 rings (SSSR count). The molecule has 0 spiro atoms. The first-order valence-corrected chi connectivity index (χ1v) is 9.10. The Morgan fingerprint density at radius 1 is 1.18 bits per heavy atom. The molecule has 8 nitrogen and oxygen atoms in total. The van der Waals surface area contributed by atoms with Crippen molar-refractivity contribution < 1.29 is 9.47 Å². The lowest BCUT2D eigenvalue weighted by Crippen LogP contribution is -2.45. The Balaban J connectivity index is 1.29. The second-order valence-electron chi connectivity index (χ2n) is 6.28. The number of aliphatic imine (C=N–C) groups is 1. The second kappa shape index (κ2) is 8.43. The quantitative estimate of drug-likeness (QED) is 0.520. The molecule has 2 N–H and O–H groups in total. The van der Waals surface area contributed by atoms with Gasteiger partial charge in [-0.05, 0) is 35.9 Å². The van der Waals surface area contributed by atoms with E-state index in [9.17, 15) is 0 Å². The first kappa shape index (κ1) is 17.8. The van der Waals surface area contributed by atoms with Crippen LogP contribution in [-0.4, -0.2) is 47.0 Å². The van der Waals surface area contributed by atoms with Crippen LogP contribution in [0.2, 0.25) is 0 Å². The van der Waals surface area contributed by atoms with Crippen LogP contribution in [0.3, 0.4) is 0 Å². The molecule has 0 fully saturated rings. The molecule has 1 aliphatic rings. The van der Waals surface area contributed by atoms with Gasteiger partial charge in [-0.3, -0.25) is 4.99 Å². The first-order chi connectivity index (χ1) is 13.8. The summed E-state index contributed by atoms with van der Waals surface area (Å²) in [5.41, 5.74) is 1.08. The molecular weight excluding hydrogens is 356 g/mol. The van der Waals surface area contributed by atoms with Gasteiger partial charge in [-0.15, -0.1) is 0 Å². The Labute approximate surface area is 163 Å². The van der Waals surface area contributed by atoms with Gasteiger partial charge in [0.15, 0.2) is 23.3 Å². The Morgan fingerprint density at radius 3 is 2.89 bits per heavy atom. The predicted molar refractivity (Wildman–Crippen MR) is 106 cm³/mol. The van der Waals surface area contributed by atoms with Crippen LogP contribution >= 0.6 is 0 Å². The highest BCUT2D eigenvalue weighted by Gasteiger charge is 2.20. The zero-order valence-corrected chi connectivity index (χ0v) is 15.6. The number of para-hydroxylation sites is 2. The molecule has 1 atom stereocenters. The van der Waals surface area contributed by atoms with Gasteiger partial charge in [0.1, 0.15) is 12.7 Å². The number of hydrogen-bond donors (Lipinski definition) is 2. The number of guanidine groups is 1. The van der Waals surface area contributed by atoms with Crippen LogP contribution in [-0.2, 0) is 6.54 Å². The molecule has 1 aromatic carbocycles. The van der Waals surface area contributed by atoms with Gasteiger partial charge in [0.25, 0.3) is 0 Å². The lowest BCUT2D eigenvalue weighted by atomic mass is 10.2. The number of nitrogens with zero attached hydrogens (tertiary/aromatic N) is 4. The summed E-state index contributed by atoms with van der Waals surface area (Å²) in [6, 6.07) is 13.5. The van der Waals surface area contributed by atoms with E-state index < -0.39 is 0 Å². The van der Waals surface area contributed by atoms with Gasteiger partial charge in [-0.2, -0.15) is 5.10 Å². The summed E-state index contributed by atoms with van der Waals surface area (Å²) in [6.07, 6.45) is 5.29. The average molecular weight is 378 g/mol. The van der Waals surface area contributed by atoms with E-state index in [4.69, 9.17) is 9.47 Å². The smallest absolute Gasteiger partial charge is 0.191 e. The van der Waals surface area contributed by atoms with Crippen molar-refractivity contribution in [2.75, 3.05) is 20.2 Å². The molecule has 2 aromatic heterocycles. The van der Waals surface area contributed by atoms with Crippen molar-refractivity contribution in [3.05, 3.63) is 66.6 Å². The maximum atomic E-state index is 5.96. The maximum Gasteiger partial charge on any atom is 0.191 e. The summed E-state index contributed by atoms with van der Waals surface area (Å²) < 4.78 is 13.4. The molecule has 0 aliphatic carbocycles. The molecule has 0 saturated carbocycles. The molecule has 0 bridgehead atoms. The number of aromatic nitrogens is 3. The van der Waals surface area contributed by atoms with Crippen molar-refractivity contribution in [1.29, 1.82) is 0 Å². The predicted octanol–water partition coefficient (Wildman–Crippen LogP) is 1.77. The van der Waals surface area contributed by atoms with Gasteiger partial charge in [-0.25, -0.2) is 9.67 Å². The summed E-state index contributed by atoms with van der Waals surface area (Å²) in [6.45, 7) is 1.70. The fourth-order valence-electron chi connectivity index (χ4n) is 2.88. The summed E-state index contributed by atoms with van der Waals surface area (Å²) in [7, 11) is 1.74. The molecule has 0 radical (unpaired) electrons. The minimum atomic E-state index is -0.0826. The zero-order chi connectivity index (χ0) is 19.2. The van der Waals surface area contributed by atoms with Crippen LogP contribution in [0.4, 0.5) is 0 Å². The van der Waals surface area contributed by atoms with Crippen LogP contribution < -0.4 is 20.1 Å². The molecule has 3 heterocycles. The third-order valence-electron chi connectivity index (χ3n) is 4.30. The molecule has 28 heavy (non-hydrogen) atoms. The van der Waals surface area contributed by atoms with Crippen LogP contribution in [0.25, 0.3) is 5.82 Å². The van der Waals surface area contributed by atoms with Crippen molar-refractivity contribution >= 4 is 5.96 Å². The molecule has 3 aromatic rings. The Kier molecular flexibility index (Phi) is 5.37. The lowest BCUT2D eigenvalue weighted by molar-refractivity contribution is 0.0936. The second-order valence-corrected chi connectivity index (χ2v) is 6.28. The SMILES string of the molecule is CN=C(NCc1ccnc(-n2cccn2)c1)NCC1COc2ccccc2O1. The van der Waals surface area contributed by atoms with Crippen molar-refractivity contribution in [1.82, 2.24) is 25.4 Å². The molecule has 1 aliphatic heterocycles. The Hall–Kier alpha value is -3.55. The molecule has 0 saturated heterocycles. The molecule has 0 amide bonds. The van der Waals surface area contributed by atoms with Crippen LogP contribution in [0.5, 0.6) is 11.5 Å². The number of nitrogens with one attached hydrogen (secondary N) is 2. The van der Waals surface area contributed by atoms with Gasteiger partial charge in [-0.1, -0.05) is 12.1 Å². The van der Waals surface area contributed by atoms with Crippen LogP contribution in [0.15, 0.2) is 66.0 Å². The summed E-state index contributed by atoms with van der Waals surface area (Å²) in [5.74, 6) is 3.02. The normalized spacial score (nSPS) is 15.9. The van der Waals surface area contributed by atoms with Crippen molar-refractivity contribution in [3.8, 4) is 17.3 Å². The van der Waals surface area contributed by atoms with E-state index in [0.29, 0.717) is 25.7 Å². The highest BCUT2D eigenvalue weighted by Crippen LogP contribution is 2.30. The average Bonchev–Trinajstić information content (AvgIpc) is 3.29. The highest BCUT2D eigenvalue weighted by atomic mass is 16.6. The maximum absolute atomic E-state index is 5.96. The molecule has 8 heteroatoms. The van der Waals surface area contributed by atoms with Gasteiger partial charge in [0.2, 0.25) is 0 Å². The number of rotatable bonds is 5. The highest BCUT2D eigenvalue weighted by molar-refractivity contribution is 5.79. The van der Waals surface area contributed by atoms with E-state index in [1.807, 2.05) is 48.7 Å². The van der Waals surface area contributed by atoms with Crippen molar-refractivity contribution in [2.24, 2.45) is 4.99 Å². The van der Waals surface area contributed by atoms with E-state index in [1.165, 1.54) is 0 Å². The largest absolute Gasteiger partial charge is 0.486 e. The number of pyridine rings is 1. The van der Waals surface area contributed by atoms with Gasteiger partial charge in [0, 0.05) is 32.2 Å². The van der Waals surface area contributed by atoms with Crippen LogP contribution in [0.1, 0.15) is 5.56 Å². The Morgan fingerprint density at radius 2 is 2.07 bits per heavy atom. The topological polar surface area (TPSA) is 85.6 Å². The molecular formula is C20H22N6O2. The summed E-state index contributed by atoms with van der Waals surface area (Å²) in [4.78, 5) is 8.61. The third kappa shape index (κ3) is 4.22.